The van der Waals surface area contributed by atoms with E-state index >= 15 is 0 Å². The van der Waals surface area contributed by atoms with Gasteiger partial charge in [-0.1, -0.05) is 23.8 Å². The van der Waals surface area contributed by atoms with Gasteiger partial charge in [-0.3, -0.25) is 4.68 Å². The molecular weight excluding hydrogens is 224 g/mol. The van der Waals surface area contributed by atoms with Crippen LogP contribution in [0.15, 0.2) is 24.3 Å². The Hall–Kier alpha value is -1.61. The van der Waals surface area contributed by atoms with Crippen LogP contribution in [0.2, 0.25) is 0 Å². The molecule has 2 aromatic rings. The highest BCUT2D eigenvalue weighted by Gasteiger charge is 2.14. The standard InChI is InChI=1S/C15H20N2O/c1-10-5-6-11(2)13(7-10)9-15(18)14-8-12(3)17(4)16-14/h5-8,15,18H,9H2,1-4H3. The highest BCUT2D eigenvalue weighted by molar-refractivity contribution is 5.31. The van der Waals surface area contributed by atoms with E-state index in [0.717, 1.165) is 11.4 Å². The Balaban J connectivity index is 2.20. The number of aryl methyl sites for hydroxylation is 4. The Labute approximate surface area is 108 Å². The lowest BCUT2D eigenvalue weighted by Crippen LogP contribution is -2.05. The lowest BCUT2D eigenvalue weighted by Gasteiger charge is -2.11. The summed E-state index contributed by atoms with van der Waals surface area (Å²) < 4.78 is 1.79. The van der Waals surface area contributed by atoms with Crippen LogP contribution in [-0.2, 0) is 13.5 Å². The Morgan fingerprint density at radius 2 is 1.94 bits per heavy atom. The fourth-order valence-electron chi connectivity index (χ4n) is 2.08. The van der Waals surface area contributed by atoms with Crippen molar-refractivity contribution in [1.82, 2.24) is 9.78 Å². The summed E-state index contributed by atoms with van der Waals surface area (Å²) in [5.74, 6) is 0. The molecular formula is C15H20N2O. The molecule has 2 rings (SSSR count). The third kappa shape index (κ3) is 2.62. The van der Waals surface area contributed by atoms with Crippen molar-refractivity contribution in [2.24, 2.45) is 7.05 Å². The zero-order valence-corrected chi connectivity index (χ0v) is 11.4. The summed E-state index contributed by atoms with van der Waals surface area (Å²) in [4.78, 5) is 0. The first-order valence-corrected chi connectivity index (χ1v) is 6.22. The van der Waals surface area contributed by atoms with Gasteiger partial charge in [0, 0.05) is 19.2 Å². The van der Waals surface area contributed by atoms with E-state index < -0.39 is 6.10 Å². The lowest BCUT2D eigenvalue weighted by molar-refractivity contribution is 0.172. The fourth-order valence-corrected chi connectivity index (χ4v) is 2.08. The van der Waals surface area contributed by atoms with Crippen molar-refractivity contribution in [3.8, 4) is 0 Å². The largest absolute Gasteiger partial charge is 0.386 e. The number of aromatic nitrogens is 2. The molecule has 3 nitrogen and oxygen atoms in total. The minimum absolute atomic E-state index is 0.537. The second-order valence-electron chi connectivity index (χ2n) is 4.98. The van der Waals surface area contributed by atoms with Crippen molar-refractivity contribution in [3.63, 3.8) is 0 Å². The number of nitrogens with zero attached hydrogens (tertiary/aromatic N) is 2. The average molecular weight is 244 g/mol. The molecule has 1 aromatic heterocycles. The fraction of sp³-hybridized carbons (Fsp3) is 0.400. The second-order valence-corrected chi connectivity index (χ2v) is 4.98. The number of hydrogen-bond acceptors (Lipinski definition) is 2. The summed E-state index contributed by atoms with van der Waals surface area (Å²) in [7, 11) is 1.89. The van der Waals surface area contributed by atoms with Gasteiger partial charge in [-0.25, -0.2) is 0 Å². The molecule has 1 atom stereocenters. The molecule has 0 aliphatic rings. The third-order valence-electron chi connectivity index (χ3n) is 3.39. The van der Waals surface area contributed by atoms with E-state index in [4.69, 9.17) is 0 Å². The van der Waals surface area contributed by atoms with Crippen molar-refractivity contribution in [2.45, 2.75) is 33.3 Å². The summed E-state index contributed by atoms with van der Waals surface area (Å²) in [6, 6.07) is 8.27. The number of rotatable bonds is 3. The summed E-state index contributed by atoms with van der Waals surface area (Å²) >= 11 is 0. The number of aliphatic hydroxyl groups excluding tert-OH is 1. The van der Waals surface area contributed by atoms with E-state index in [0.29, 0.717) is 6.42 Å². The molecule has 18 heavy (non-hydrogen) atoms. The molecule has 1 N–H and O–H groups in total. The van der Waals surface area contributed by atoms with Gasteiger partial charge in [0.2, 0.25) is 0 Å². The van der Waals surface area contributed by atoms with Crippen molar-refractivity contribution in [2.75, 3.05) is 0 Å². The van der Waals surface area contributed by atoms with E-state index in [-0.39, 0.29) is 0 Å². The summed E-state index contributed by atoms with van der Waals surface area (Å²) in [5.41, 5.74) is 5.43. The summed E-state index contributed by atoms with van der Waals surface area (Å²) in [5, 5.41) is 14.6. The van der Waals surface area contributed by atoms with E-state index in [1.54, 1.807) is 4.68 Å². The maximum absolute atomic E-state index is 10.3. The molecule has 0 fully saturated rings. The van der Waals surface area contributed by atoms with E-state index in [1.165, 1.54) is 16.7 Å². The Morgan fingerprint density at radius 3 is 2.56 bits per heavy atom. The van der Waals surface area contributed by atoms with Gasteiger partial charge in [0.05, 0.1) is 5.69 Å². The Kier molecular flexibility index (Phi) is 3.53. The van der Waals surface area contributed by atoms with E-state index in [1.807, 2.05) is 20.0 Å². The average Bonchev–Trinajstić information content (AvgIpc) is 2.64. The van der Waals surface area contributed by atoms with Crippen LogP contribution in [0.1, 0.15) is 34.2 Å². The monoisotopic (exact) mass is 244 g/mol. The first kappa shape index (κ1) is 12.8. The maximum atomic E-state index is 10.3. The molecule has 0 radical (unpaired) electrons. The summed E-state index contributed by atoms with van der Waals surface area (Å²) in [6.45, 7) is 6.13. The summed E-state index contributed by atoms with van der Waals surface area (Å²) in [6.07, 6.45) is 0.0784. The van der Waals surface area contributed by atoms with E-state index in [9.17, 15) is 5.11 Å². The molecule has 1 heterocycles. The molecule has 0 bridgehead atoms. The molecule has 0 aliphatic carbocycles. The predicted octanol–water partition coefficient (Wildman–Crippen LogP) is 2.62. The van der Waals surface area contributed by atoms with Crippen LogP contribution in [0.4, 0.5) is 0 Å². The maximum Gasteiger partial charge on any atom is 0.102 e. The SMILES string of the molecule is Cc1ccc(C)c(CC(O)c2cc(C)n(C)n2)c1. The molecule has 0 saturated heterocycles. The molecule has 1 aromatic carbocycles. The van der Waals surface area contributed by atoms with Crippen LogP contribution in [0.3, 0.4) is 0 Å². The minimum atomic E-state index is -0.537. The van der Waals surface area contributed by atoms with Gasteiger partial charge in [0.15, 0.2) is 0 Å². The molecule has 0 aliphatic heterocycles. The van der Waals surface area contributed by atoms with Crippen molar-refractivity contribution in [3.05, 3.63) is 52.3 Å². The predicted molar refractivity (Wildman–Crippen MR) is 72.5 cm³/mol. The quantitative estimate of drug-likeness (QED) is 0.901. The first-order chi connectivity index (χ1) is 8.47. The number of hydrogen-bond donors (Lipinski definition) is 1. The second kappa shape index (κ2) is 4.94. The van der Waals surface area contributed by atoms with Gasteiger partial charge in [-0.2, -0.15) is 5.10 Å². The number of benzene rings is 1. The minimum Gasteiger partial charge on any atom is -0.386 e. The first-order valence-electron chi connectivity index (χ1n) is 6.22. The third-order valence-corrected chi connectivity index (χ3v) is 3.39. The highest BCUT2D eigenvalue weighted by Crippen LogP contribution is 2.20. The molecule has 0 spiro atoms. The number of aliphatic hydroxyl groups is 1. The van der Waals surface area contributed by atoms with Crippen LogP contribution in [-0.4, -0.2) is 14.9 Å². The van der Waals surface area contributed by atoms with Gasteiger partial charge in [0.25, 0.3) is 0 Å². The zero-order chi connectivity index (χ0) is 13.3. The highest BCUT2D eigenvalue weighted by atomic mass is 16.3. The Bertz CT molecular complexity index is 538. The van der Waals surface area contributed by atoms with Crippen molar-refractivity contribution >= 4 is 0 Å². The topological polar surface area (TPSA) is 38.0 Å². The zero-order valence-electron chi connectivity index (χ0n) is 11.4. The van der Waals surface area contributed by atoms with Gasteiger partial charge >= 0.3 is 0 Å². The molecule has 3 heteroatoms. The van der Waals surface area contributed by atoms with Crippen LogP contribution < -0.4 is 0 Å². The van der Waals surface area contributed by atoms with E-state index in [2.05, 4.69) is 37.1 Å². The van der Waals surface area contributed by atoms with Gasteiger partial charge in [-0.05, 0) is 38.0 Å². The smallest absolute Gasteiger partial charge is 0.102 e. The molecule has 0 saturated carbocycles. The van der Waals surface area contributed by atoms with Crippen LogP contribution in [0, 0.1) is 20.8 Å². The van der Waals surface area contributed by atoms with Crippen molar-refractivity contribution in [1.29, 1.82) is 0 Å². The molecule has 0 amide bonds. The van der Waals surface area contributed by atoms with Gasteiger partial charge in [0.1, 0.15) is 6.10 Å². The van der Waals surface area contributed by atoms with Crippen LogP contribution >= 0.6 is 0 Å². The molecule has 1 unspecified atom stereocenters. The Morgan fingerprint density at radius 1 is 1.22 bits per heavy atom. The lowest BCUT2D eigenvalue weighted by atomic mass is 9.99. The normalized spacial score (nSPS) is 12.7. The van der Waals surface area contributed by atoms with Gasteiger partial charge in [-0.15, -0.1) is 0 Å². The van der Waals surface area contributed by atoms with Crippen molar-refractivity contribution < 1.29 is 5.11 Å². The van der Waals surface area contributed by atoms with Crippen LogP contribution in [0.25, 0.3) is 0 Å². The van der Waals surface area contributed by atoms with Crippen LogP contribution in [0.5, 0.6) is 0 Å². The molecule has 96 valence electrons. The van der Waals surface area contributed by atoms with Gasteiger partial charge < -0.3 is 5.11 Å².